The summed E-state index contributed by atoms with van der Waals surface area (Å²) in [4.78, 5) is 12.1. The number of benzene rings is 2. The monoisotopic (exact) mass is 373 g/mol. The van der Waals surface area contributed by atoms with Gasteiger partial charge in [0.25, 0.3) is 0 Å². The van der Waals surface area contributed by atoms with Crippen LogP contribution in [0.2, 0.25) is 5.02 Å². The third-order valence-corrected chi connectivity index (χ3v) is 5.06. The average Bonchev–Trinajstić information content (AvgIpc) is 2.97. The topological polar surface area (TPSA) is 63.1 Å². The predicted octanol–water partition coefficient (Wildman–Crippen LogP) is 3.51. The van der Waals surface area contributed by atoms with Crippen molar-refractivity contribution in [2.75, 3.05) is 7.11 Å². The number of carbonyl (C=O) groups excluding carboxylic acids is 1. The molecule has 3 rings (SSSR count). The van der Waals surface area contributed by atoms with Crippen LogP contribution in [0.4, 0.5) is 0 Å². The zero-order chi connectivity index (χ0) is 17.6. The van der Waals surface area contributed by atoms with Crippen molar-refractivity contribution in [3.8, 4) is 5.75 Å². The number of thioether (sulfide) groups is 1. The van der Waals surface area contributed by atoms with E-state index in [2.05, 4.69) is 15.5 Å². The minimum Gasteiger partial charge on any atom is -0.496 e. The number of rotatable bonds is 5. The fourth-order valence-electron chi connectivity index (χ4n) is 2.37. The van der Waals surface area contributed by atoms with E-state index in [4.69, 9.17) is 16.3 Å². The maximum absolute atomic E-state index is 12.1. The molecule has 1 amide bonds. The molecule has 7 heteroatoms. The largest absolute Gasteiger partial charge is 0.496 e. The van der Waals surface area contributed by atoms with Crippen LogP contribution in [0.5, 0.6) is 5.75 Å². The number of ether oxygens (including phenoxy) is 1. The first-order valence-corrected chi connectivity index (χ1v) is 8.88. The van der Waals surface area contributed by atoms with Crippen molar-refractivity contribution in [1.82, 2.24) is 5.32 Å². The van der Waals surface area contributed by atoms with E-state index in [1.807, 2.05) is 48.5 Å². The van der Waals surface area contributed by atoms with Crippen LogP contribution < -0.4 is 10.1 Å². The zero-order valence-corrected chi connectivity index (χ0v) is 15.1. The Kier molecular flexibility index (Phi) is 5.73. The van der Waals surface area contributed by atoms with Gasteiger partial charge in [-0.15, -0.1) is 5.10 Å². The third kappa shape index (κ3) is 4.41. The number of amides is 1. The standard InChI is InChI=1S/C18H16ClN3O2S/c1-24-15-9-5-3-7-13(15)11-20-22-18-21-17(23)16(25-18)10-12-6-2-4-8-14(12)19/h2-9,11,16H,10H2,1H3,(H,21,22,23)/b20-11+. The second-order valence-electron chi connectivity index (χ2n) is 5.28. The van der Waals surface area contributed by atoms with E-state index < -0.39 is 0 Å². The fourth-order valence-corrected chi connectivity index (χ4v) is 3.53. The SMILES string of the molecule is COc1ccccc1/C=N/N=C1\NC(=O)C(Cc2ccccc2Cl)S1. The number of nitrogens with zero attached hydrogens (tertiary/aromatic N) is 2. The van der Waals surface area contributed by atoms with Crippen molar-refractivity contribution in [3.05, 3.63) is 64.7 Å². The summed E-state index contributed by atoms with van der Waals surface area (Å²) < 4.78 is 5.25. The summed E-state index contributed by atoms with van der Waals surface area (Å²) in [5.74, 6) is 0.627. The Labute approximate surface area is 155 Å². The van der Waals surface area contributed by atoms with Gasteiger partial charge in [-0.2, -0.15) is 5.10 Å². The minimum atomic E-state index is -0.264. The van der Waals surface area contributed by atoms with E-state index in [1.54, 1.807) is 13.3 Å². The number of halogens is 1. The molecule has 1 aliphatic heterocycles. The van der Waals surface area contributed by atoms with E-state index in [0.717, 1.165) is 11.1 Å². The van der Waals surface area contributed by atoms with Gasteiger partial charge < -0.3 is 10.1 Å². The molecule has 1 saturated heterocycles. The van der Waals surface area contributed by atoms with Crippen molar-refractivity contribution in [2.45, 2.75) is 11.7 Å². The number of hydrogen-bond acceptors (Lipinski definition) is 5. The highest BCUT2D eigenvalue weighted by Crippen LogP contribution is 2.26. The molecule has 2 aromatic carbocycles. The Morgan fingerprint density at radius 2 is 2.00 bits per heavy atom. The van der Waals surface area contributed by atoms with Gasteiger partial charge in [0.15, 0.2) is 5.17 Å². The van der Waals surface area contributed by atoms with Gasteiger partial charge in [0.1, 0.15) is 5.75 Å². The molecule has 1 aliphatic rings. The van der Waals surface area contributed by atoms with Crippen LogP contribution >= 0.6 is 23.4 Å². The van der Waals surface area contributed by atoms with Gasteiger partial charge in [-0.05, 0) is 30.2 Å². The van der Waals surface area contributed by atoms with Crippen molar-refractivity contribution in [1.29, 1.82) is 0 Å². The Balaban J connectivity index is 1.67. The zero-order valence-electron chi connectivity index (χ0n) is 13.5. The summed E-state index contributed by atoms with van der Waals surface area (Å²) >= 11 is 7.51. The Hall–Kier alpha value is -2.31. The smallest absolute Gasteiger partial charge is 0.239 e. The molecule has 0 bridgehead atoms. The molecular weight excluding hydrogens is 358 g/mol. The van der Waals surface area contributed by atoms with E-state index in [0.29, 0.717) is 22.4 Å². The number of nitrogens with one attached hydrogen (secondary N) is 1. The molecular formula is C18H16ClN3O2S. The van der Waals surface area contributed by atoms with Crippen LogP contribution in [-0.4, -0.2) is 29.6 Å². The maximum atomic E-state index is 12.1. The molecule has 1 atom stereocenters. The highest BCUT2D eigenvalue weighted by Gasteiger charge is 2.30. The molecule has 1 unspecified atom stereocenters. The van der Waals surface area contributed by atoms with Crippen LogP contribution in [0.15, 0.2) is 58.7 Å². The lowest BCUT2D eigenvalue weighted by molar-refractivity contribution is -0.118. The maximum Gasteiger partial charge on any atom is 0.239 e. The Morgan fingerprint density at radius 3 is 2.80 bits per heavy atom. The van der Waals surface area contributed by atoms with Crippen molar-refractivity contribution >= 4 is 40.7 Å². The van der Waals surface area contributed by atoms with Gasteiger partial charge >= 0.3 is 0 Å². The van der Waals surface area contributed by atoms with Crippen LogP contribution in [0, 0.1) is 0 Å². The van der Waals surface area contributed by atoms with Crippen LogP contribution in [-0.2, 0) is 11.2 Å². The first-order chi connectivity index (χ1) is 12.2. The highest BCUT2D eigenvalue weighted by atomic mass is 35.5. The quantitative estimate of drug-likeness (QED) is 0.644. The summed E-state index contributed by atoms with van der Waals surface area (Å²) in [5, 5.41) is 11.8. The number of hydrogen-bond donors (Lipinski definition) is 1. The molecule has 5 nitrogen and oxygen atoms in total. The lowest BCUT2D eigenvalue weighted by atomic mass is 10.1. The van der Waals surface area contributed by atoms with E-state index in [9.17, 15) is 4.79 Å². The molecule has 0 spiro atoms. The molecule has 0 saturated carbocycles. The average molecular weight is 374 g/mol. The minimum absolute atomic E-state index is 0.0869. The van der Waals surface area contributed by atoms with Gasteiger partial charge in [-0.25, -0.2) is 0 Å². The van der Waals surface area contributed by atoms with Gasteiger partial charge in [0, 0.05) is 10.6 Å². The second kappa shape index (κ2) is 8.18. The molecule has 0 radical (unpaired) electrons. The predicted molar refractivity (Wildman–Crippen MR) is 103 cm³/mol. The van der Waals surface area contributed by atoms with Crippen molar-refractivity contribution in [2.24, 2.45) is 10.2 Å². The van der Waals surface area contributed by atoms with Crippen LogP contribution in [0.3, 0.4) is 0 Å². The number of methoxy groups -OCH3 is 1. The summed E-state index contributed by atoms with van der Waals surface area (Å²) in [6, 6.07) is 15.0. The normalized spacial score (nSPS) is 18.7. The lowest BCUT2D eigenvalue weighted by Gasteiger charge is -2.06. The molecule has 25 heavy (non-hydrogen) atoms. The Morgan fingerprint density at radius 1 is 1.24 bits per heavy atom. The van der Waals surface area contributed by atoms with E-state index >= 15 is 0 Å². The second-order valence-corrected chi connectivity index (χ2v) is 6.88. The Bertz CT molecular complexity index is 839. The highest BCUT2D eigenvalue weighted by molar-refractivity contribution is 8.15. The van der Waals surface area contributed by atoms with Crippen molar-refractivity contribution < 1.29 is 9.53 Å². The molecule has 1 heterocycles. The molecule has 0 aliphatic carbocycles. The molecule has 1 N–H and O–H groups in total. The molecule has 128 valence electrons. The summed E-state index contributed by atoms with van der Waals surface area (Å²) in [6.07, 6.45) is 2.14. The summed E-state index contributed by atoms with van der Waals surface area (Å²) in [6.45, 7) is 0. The van der Waals surface area contributed by atoms with E-state index in [-0.39, 0.29) is 11.2 Å². The first kappa shape index (κ1) is 17.5. The molecule has 1 fully saturated rings. The number of amidine groups is 1. The van der Waals surface area contributed by atoms with Crippen molar-refractivity contribution in [3.63, 3.8) is 0 Å². The fraction of sp³-hybridized carbons (Fsp3) is 0.167. The van der Waals surface area contributed by atoms with Gasteiger partial charge in [-0.1, -0.05) is 53.7 Å². The number of para-hydroxylation sites is 1. The van der Waals surface area contributed by atoms with Crippen LogP contribution in [0.1, 0.15) is 11.1 Å². The summed E-state index contributed by atoms with van der Waals surface area (Å²) in [5.41, 5.74) is 1.76. The van der Waals surface area contributed by atoms with Gasteiger partial charge in [0.05, 0.1) is 18.6 Å². The third-order valence-electron chi connectivity index (χ3n) is 3.62. The summed E-state index contributed by atoms with van der Waals surface area (Å²) in [7, 11) is 1.60. The number of carbonyl (C=O) groups is 1. The molecule has 0 aromatic heterocycles. The van der Waals surface area contributed by atoms with Gasteiger partial charge in [-0.3, -0.25) is 4.79 Å². The molecule has 2 aromatic rings. The van der Waals surface area contributed by atoms with E-state index in [1.165, 1.54) is 11.8 Å². The van der Waals surface area contributed by atoms with Gasteiger partial charge in [0.2, 0.25) is 5.91 Å². The van der Waals surface area contributed by atoms with Crippen LogP contribution in [0.25, 0.3) is 0 Å². The lowest BCUT2D eigenvalue weighted by Crippen LogP contribution is -2.26. The first-order valence-electron chi connectivity index (χ1n) is 7.62.